The van der Waals surface area contributed by atoms with Crippen molar-refractivity contribution in [1.82, 2.24) is 15.1 Å². The van der Waals surface area contributed by atoms with Gasteiger partial charge in [0.15, 0.2) is 0 Å². The van der Waals surface area contributed by atoms with Gasteiger partial charge in [-0.3, -0.25) is 9.48 Å². The van der Waals surface area contributed by atoms with E-state index in [0.29, 0.717) is 17.1 Å². The molecule has 7 heteroatoms. The number of aliphatic hydroxyl groups excluding tert-OH is 1. The van der Waals surface area contributed by atoms with Crippen molar-refractivity contribution >= 4 is 33.1 Å². The van der Waals surface area contributed by atoms with Crippen LogP contribution in [0.15, 0.2) is 0 Å². The van der Waals surface area contributed by atoms with Gasteiger partial charge in [-0.15, -0.1) is 11.3 Å². The Labute approximate surface area is 126 Å². The SMILES string of the molecule is Cc1nn(C)c2sc(C(=O)NCC3CCCC3O)c(N)c12. The molecule has 2 aromatic heterocycles. The van der Waals surface area contributed by atoms with E-state index in [9.17, 15) is 9.90 Å². The van der Waals surface area contributed by atoms with E-state index in [1.807, 2.05) is 14.0 Å². The summed E-state index contributed by atoms with van der Waals surface area (Å²) in [7, 11) is 1.85. The number of hydrogen-bond donors (Lipinski definition) is 3. The molecule has 1 saturated carbocycles. The predicted octanol–water partition coefficient (Wildman–Crippen LogP) is 1.42. The number of aryl methyl sites for hydroxylation is 2. The van der Waals surface area contributed by atoms with Crippen molar-refractivity contribution in [2.75, 3.05) is 12.3 Å². The quantitative estimate of drug-likeness (QED) is 0.799. The fourth-order valence-electron chi connectivity index (χ4n) is 3.06. The van der Waals surface area contributed by atoms with Gasteiger partial charge in [-0.05, 0) is 19.8 Å². The smallest absolute Gasteiger partial charge is 0.263 e. The maximum absolute atomic E-state index is 12.3. The van der Waals surface area contributed by atoms with Crippen molar-refractivity contribution in [1.29, 1.82) is 0 Å². The Kier molecular flexibility index (Phi) is 3.62. The van der Waals surface area contributed by atoms with Crippen molar-refractivity contribution in [3.8, 4) is 0 Å². The Morgan fingerprint density at radius 1 is 1.57 bits per heavy atom. The van der Waals surface area contributed by atoms with Crippen molar-refractivity contribution in [2.45, 2.75) is 32.3 Å². The van der Waals surface area contributed by atoms with Gasteiger partial charge in [-0.2, -0.15) is 5.10 Å². The van der Waals surface area contributed by atoms with Gasteiger partial charge in [-0.25, -0.2) is 0 Å². The van der Waals surface area contributed by atoms with Gasteiger partial charge >= 0.3 is 0 Å². The number of fused-ring (bicyclic) bond motifs is 1. The highest BCUT2D eigenvalue weighted by atomic mass is 32.1. The summed E-state index contributed by atoms with van der Waals surface area (Å²) in [6.07, 6.45) is 2.52. The lowest BCUT2D eigenvalue weighted by molar-refractivity contribution is 0.0921. The summed E-state index contributed by atoms with van der Waals surface area (Å²) in [6.45, 7) is 2.40. The summed E-state index contributed by atoms with van der Waals surface area (Å²) >= 11 is 1.36. The molecule has 0 bridgehead atoms. The van der Waals surface area contributed by atoms with E-state index in [1.54, 1.807) is 4.68 Å². The number of rotatable bonds is 3. The second-order valence-electron chi connectivity index (χ2n) is 5.70. The van der Waals surface area contributed by atoms with Crippen LogP contribution in [0.25, 0.3) is 10.2 Å². The number of nitrogen functional groups attached to an aromatic ring is 1. The van der Waals surface area contributed by atoms with E-state index in [2.05, 4.69) is 10.4 Å². The molecule has 0 aromatic carbocycles. The van der Waals surface area contributed by atoms with E-state index in [0.717, 1.165) is 35.2 Å². The van der Waals surface area contributed by atoms with Crippen LogP contribution in [0.2, 0.25) is 0 Å². The number of aromatic nitrogens is 2. The molecule has 114 valence electrons. The number of carbonyl (C=O) groups excluding carboxylic acids is 1. The van der Waals surface area contributed by atoms with Crippen LogP contribution in [0.4, 0.5) is 5.69 Å². The van der Waals surface area contributed by atoms with E-state index in [-0.39, 0.29) is 17.9 Å². The molecule has 0 radical (unpaired) electrons. The Morgan fingerprint density at radius 2 is 2.33 bits per heavy atom. The summed E-state index contributed by atoms with van der Waals surface area (Å²) in [5, 5.41) is 17.9. The van der Waals surface area contributed by atoms with Crippen LogP contribution in [0.3, 0.4) is 0 Å². The first kappa shape index (κ1) is 14.3. The first-order valence-electron chi connectivity index (χ1n) is 7.17. The zero-order chi connectivity index (χ0) is 15.1. The topological polar surface area (TPSA) is 93.2 Å². The molecule has 6 nitrogen and oxygen atoms in total. The number of nitrogens with one attached hydrogen (secondary N) is 1. The summed E-state index contributed by atoms with van der Waals surface area (Å²) in [5.74, 6) is 0.000144. The molecular weight excluding hydrogens is 288 g/mol. The van der Waals surface area contributed by atoms with Gasteiger partial charge < -0.3 is 16.2 Å². The van der Waals surface area contributed by atoms with Crippen LogP contribution >= 0.6 is 11.3 Å². The molecule has 1 fully saturated rings. The predicted molar refractivity (Wildman–Crippen MR) is 83.4 cm³/mol. The fraction of sp³-hybridized carbons (Fsp3) is 0.571. The van der Waals surface area contributed by atoms with Crippen LogP contribution in [0.5, 0.6) is 0 Å². The fourth-order valence-corrected chi connectivity index (χ4v) is 4.16. The molecule has 2 atom stereocenters. The highest BCUT2D eigenvalue weighted by molar-refractivity contribution is 7.21. The highest BCUT2D eigenvalue weighted by Gasteiger charge is 2.27. The molecule has 0 spiro atoms. The zero-order valence-electron chi connectivity index (χ0n) is 12.2. The van der Waals surface area contributed by atoms with Crippen LogP contribution < -0.4 is 11.1 Å². The second kappa shape index (κ2) is 5.31. The zero-order valence-corrected chi connectivity index (χ0v) is 13.0. The maximum Gasteiger partial charge on any atom is 0.263 e. The molecule has 1 amide bonds. The van der Waals surface area contributed by atoms with Crippen molar-refractivity contribution in [3.63, 3.8) is 0 Å². The highest BCUT2D eigenvalue weighted by Crippen LogP contribution is 2.35. The standard InChI is InChI=1S/C14H20N4O2S/c1-7-10-11(15)12(21-14(10)18(2)17-7)13(20)16-6-8-4-3-5-9(8)19/h8-9,19H,3-6,15H2,1-2H3,(H,16,20). The minimum Gasteiger partial charge on any atom is -0.397 e. The lowest BCUT2D eigenvalue weighted by Crippen LogP contribution is -2.32. The Bertz CT molecular complexity index is 691. The van der Waals surface area contributed by atoms with Gasteiger partial charge in [0.1, 0.15) is 9.71 Å². The summed E-state index contributed by atoms with van der Waals surface area (Å²) in [4.78, 5) is 13.8. The molecule has 3 rings (SSSR count). The molecule has 0 aliphatic heterocycles. The Morgan fingerprint density at radius 3 is 2.95 bits per heavy atom. The largest absolute Gasteiger partial charge is 0.397 e. The van der Waals surface area contributed by atoms with Crippen LogP contribution in [-0.2, 0) is 7.05 Å². The number of amides is 1. The number of nitrogens with zero attached hydrogens (tertiary/aromatic N) is 2. The number of nitrogens with two attached hydrogens (primary N) is 1. The normalized spacial score (nSPS) is 22.0. The molecule has 2 heterocycles. The third kappa shape index (κ3) is 2.40. The number of aliphatic hydroxyl groups is 1. The minimum atomic E-state index is -0.295. The van der Waals surface area contributed by atoms with Gasteiger partial charge in [0.2, 0.25) is 0 Å². The Hall–Kier alpha value is -1.60. The molecule has 4 N–H and O–H groups in total. The molecule has 1 aliphatic carbocycles. The van der Waals surface area contributed by atoms with E-state index < -0.39 is 0 Å². The second-order valence-corrected chi connectivity index (χ2v) is 6.70. The lowest BCUT2D eigenvalue weighted by atomic mass is 10.1. The van der Waals surface area contributed by atoms with Gasteiger partial charge in [0.25, 0.3) is 5.91 Å². The Balaban J connectivity index is 1.78. The van der Waals surface area contributed by atoms with Gasteiger partial charge in [0, 0.05) is 19.5 Å². The molecule has 2 unspecified atom stereocenters. The molecule has 2 aromatic rings. The number of hydrogen-bond acceptors (Lipinski definition) is 5. The maximum atomic E-state index is 12.3. The third-order valence-electron chi connectivity index (χ3n) is 4.23. The van der Waals surface area contributed by atoms with E-state index >= 15 is 0 Å². The summed E-state index contributed by atoms with van der Waals surface area (Å²) < 4.78 is 1.75. The average molecular weight is 308 g/mol. The van der Waals surface area contributed by atoms with Crippen LogP contribution in [0.1, 0.15) is 34.6 Å². The van der Waals surface area contributed by atoms with Crippen LogP contribution in [0, 0.1) is 12.8 Å². The average Bonchev–Trinajstić information content (AvgIpc) is 3.06. The number of thiophene rings is 1. The molecular formula is C14H20N4O2S. The number of anilines is 1. The third-order valence-corrected chi connectivity index (χ3v) is 5.50. The van der Waals surface area contributed by atoms with Gasteiger partial charge in [-0.1, -0.05) is 6.42 Å². The van der Waals surface area contributed by atoms with E-state index in [1.165, 1.54) is 11.3 Å². The first-order chi connectivity index (χ1) is 9.99. The lowest BCUT2D eigenvalue weighted by Gasteiger charge is -2.14. The van der Waals surface area contributed by atoms with Crippen molar-refractivity contribution in [3.05, 3.63) is 10.6 Å². The summed E-state index contributed by atoms with van der Waals surface area (Å²) in [5.41, 5.74) is 7.46. The molecule has 0 saturated heterocycles. The van der Waals surface area contributed by atoms with E-state index in [4.69, 9.17) is 5.73 Å². The van der Waals surface area contributed by atoms with Crippen molar-refractivity contribution in [2.24, 2.45) is 13.0 Å². The summed E-state index contributed by atoms with van der Waals surface area (Å²) in [6, 6.07) is 0. The van der Waals surface area contributed by atoms with Crippen LogP contribution in [-0.4, -0.2) is 33.4 Å². The monoisotopic (exact) mass is 308 g/mol. The van der Waals surface area contributed by atoms with Gasteiger partial charge in [0.05, 0.1) is 22.9 Å². The first-order valence-corrected chi connectivity index (χ1v) is 7.98. The molecule has 21 heavy (non-hydrogen) atoms. The number of carbonyl (C=O) groups is 1. The minimum absolute atomic E-state index is 0.160. The molecule has 1 aliphatic rings. The van der Waals surface area contributed by atoms with Crippen molar-refractivity contribution < 1.29 is 9.90 Å².